The minimum Gasteiger partial charge on any atom is -0.462 e. The van der Waals surface area contributed by atoms with E-state index >= 15 is 0 Å². The van der Waals surface area contributed by atoms with Crippen molar-refractivity contribution in [3.05, 3.63) is 64.7 Å². The molecule has 3 rings (SSSR count). The Kier molecular flexibility index (Phi) is 7.54. The fourth-order valence-electron chi connectivity index (χ4n) is 2.78. The topological polar surface area (TPSA) is 112 Å². The number of halogens is 1. The number of aromatic nitrogens is 3. The first kappa shape index (κ1) is 22.6. The van der Waals surface area contributed by atoms with Gasteiger partial charge in [-0.1, -0.05) is 41.6 Å². The number of benzene rings is 2. The van der Waals surface area contributed by atoms with Gasteiger partial charge in [-0.2, -0.15) is 0 Å². The van der Waals surface area contributed by atoms with Crippen LogP contribution in [0.3, 0.4) is 0 Å². The number of amides is 1. The molecule has 0 aliphatic rings. The van der Waals surface area contributed by atoms with Crippen molar-refractivity contribution in [2.24, 2.45) is 0 Å². The number of esters is 1. The summed E-state index contributed by atoms with van der Waals surface area (Å²) in [5.74, 6) is -0.00953. The van der Waals surface area contributed by atoms with Crippen LogP contribution < -0.4 is 11.1 Å². The number of anilines is 2. The van der Waals surface area contributed by atoms with Gasteiger partial charge in [0, 0.05) is 16.5 Å². The van der Waals surface area contributed by atoms with Crippen molar-refractivity contribution in [1.82, 2.24) is 14.8 Å². The van der Waals surface area contributed by atoms with E-state index in [0.717, 1.165) is 5.56 Å². The maximum atomic E-state index is 12.8. The molecule has 8 nitrogen and oxygen atoms in total. The van der Waals surface area contributed by atoms with Gasteiger partial charge in [-0.15, -0.1) is 10.2 Å². The Morgan fingerprint density at radius 2 is 1.90 bits per heavy atom. The first-order valence-corrected chi connectivity index (χ1v) is 10.9. The van der Waals surface area contributed by atoms with Crippen LogP contribution in [0, 0.1) is 0 Å². The van der Waals surface area contributed by atoms with E-state index in [-0.39, 0.29) is 11.9 Å². The lowest BCUT2D eigenvalue weighted by atomic mass is 10.2. The van der Waals surface area contributed by atoms with Gasteiger partial charge in [0.25, 0.3) is 0 Å². The van der Waals surface area contributed by atoms with Crippen LogP contribution in [0.1, 0.15) is 35.8 Å². The molecule has 1 amide bonds. The Balaban J connectivity index is 1.69. The Morgan fingerprint density at radius 1 is 1.19 bits per heavy atom. The molecule has 1 atom stereocenters. The molecular formula is C21H22ClN5O3S. The van der Waals surface area contributed by atoms with Crippen molar-refractivity contribution in [1.29, 1.82) is 0 Å². The summed E-state index contributed by atoms with van der Waals surface area (Å²) in [6, 6.07) is 13.3. The number of ether oxygens (including phenoxy) is 1. The number of carbonyl (C=O) groups excluding carboxylic acids is 2. The Bertz CT molecular complexity index is 1070. The SMILES string of the molecule is CCOC(=O)c1ccc(NC(=O)C(C)n2c(N)nnc2SCc2ccccc2Cl)cc1. The standard InChI is InChI=1S/C21H22ClN5O3S/c1-3-30-19(29)14-8-10-16(11-9-14)24-18(28)13(2)27-20(23)25-26-21(27)31-12-15-6-4-5-7-17(15)22/h4-11,13H,3,12H2,1-2H3,(H2,23,25)(H,24,28). The molecular weight excluding hydrogens is 438 g/mol. The molecule has 0 radical (unpaired) electrons. The molecule has 1 aromatic heterocycles. The predicted octanol–water partition coefficient (Wildman–Crippen LogP) is 4.18. The van der Waals surface area contributed by atoms with Crippen molar-refractivity contribution < 1.29 is 14.3 Å². The summed E-state index contributed by atoms with van der Waals surface area (Å²) >= 11 is 7.60. The van der Waals surface area contributed by atoms with Gasteiger partial charge in [-0.25, -0.2) is 4.79 Å². The molecule has 3 N–H and O–H groups in total. The summed E-state index contributed by atoms with van der Waals surface area (Å²) in [6.45, 7) is 3.75. The normalized spacial score (nSPS) is 11.7. The van der Waals surface area contributed by atoms with Crippen molar-refractivity contribution in [2.45, 2.75) is 30.8 Å². The lowest BCUT2D eigenvalue weighted by Crippen LogP contribution is -2.25. The van der Waals surface area contributed by atoms with Gasteiger partial charge in [0.05, 0.1) is 12.2 Å². The highest BCUT2D eigenvalue weighted by Crippen LogP contribution is 2.29. The first-order valence-electron chi connectivity index (χ1n) is 9.55. The van der Waals surface area contributed by atoms with Crippen LogP contribution in [0.25, 0.3) is 0 Å². The summed E-state index contributed by atoms with van der Waals surface area (Å²) in [6.07, 6.45) is 0. The molecule has 0 bridgehead atoms. The van der Waals surface area contributed by atoms with Gasteiger partial charge in [-0.3, -0.25) is 9.36 Å². The molecule has 0 fully saturated rings. The third-order valence-corrected chi connectivity index (χ3v) is 5.80. The molecule has 0 saturated heterocycles. The van der Waals surface area contributed by atoms with E-state index in [1.165, 1.54) is 11.8 Å². The maximum Gasteiger partial charge on any atom is 0.338 e. The lowest BCUT2D eigenvalue weighted by Gasteiger charge is -2.16. The third-order valence-electron chi connectivity index (χ3n) is 4.44. The van der Waals surface area contributed by atoms with Gasteiger partial charge in [0.15, 0.2) is 5.16 Å². The van der Waals surface area contributed by atoms with Gasteiger partial charge in [-0.05, 0) is 49.7 Å². The van der Waals surface area contributed by atoms with Gasteiger partial charge in [0.1, 0.15) is 6.04 Å². The quantitative estimate of drug-likeness (QED) is 0.383. The molecule has 3 aromatic rings. The van der Waals surface area contributed by atoms with E-state index in [1.54, 1.807) is 42.7 Å². The van der Waals surface area contributed by atoms with Crippen LogP contribution in [-0.4, -0.2) is 33.2 Å². The van der Waals surface area contributed by atoms with E-state index in [4.69, 9.17) is 22.1 Å². The number of hydrogen-bond donors (Lipinski definition) is 2. The fourth-order valence-corrected chi connectivity index (χ4v) is 4.08. The molecule has 31 heavy (non-hydrogen) atoms. The monoisotopic (exact) mass is 459 g/mol. The van der Waals surface area contributed by atoms with Crippen LogP contribution in [-0.2, 0) is 15.3 Å². The van der Waals surface area contributed by atoms with E-state index in [1.807, 2.05) is 24.3 Å². The highest BCUT2D eigenvalue weighted by atomic mass is 35.5. The zero-order valence-electron chi connectivity index (χ0n) is 17.0. The fraction of sp³-hybridized carbons (Fsp3) is 0.238. The molecule has 10 heteroatoms. The number of thioether (sulfide) groups is 1. The first-order chi connectivity index (χ1) is 14.9. The summed E-state index contributed by atoms with van der Waals surface area (Å²) in [5.41, 5.74) is 7.87. The summed E-state index contributed by atoms with van der Waals surface area (Å²) < 4.78 is 6.53. The molecule has 162 valence electrons. The van der Waals surface area contributed by atoms with Crippen molar-refractivity contribution in [3.63, 3.8) is 0 Å². The van der Waals surface area contributed by atoms with Crippen LogP contribution >= 0.6 is 23.4 Å². The summed E-state index contributed by atoms with van der Waals surface area (Å²) in [4.78, 5) is 24.6. The molecule has 0 aliphatic heterocycles. The van der Waals surface area contributed by atoms with Crippen LogP contribution in [0.15, 0.2) is 53.7 Å². The number of rotatable bonds is 8. The number of nitrogens with one attached hydrogen (secondary N) is 1. The highest BCUT2D eigenvalue weighted by molar-refractivity contribution is 7.98. The summed E-state index contributed by atoms with van der Waals surface area (Å²) in [7, 11) is 0. The van der Waals surface area contributed by atoms with Gasteiger partial charge >= 0.3 is 5.97 Å². The van der Waals surface area contributed by atoms with Crippen LogP contribution in [0.2, 0.25) is 5.02 Å². The van der Waals surface area contributed by atoms with E-state index in [9.17, 15) is 9.59 Å². The zero-order chi connectivity index (χ0) is 22.4. The molecule has 0 saturated carbocycles. The molecule has 0 aliphatic carbocycles. The molecule has 1 heterocycles. The van der Waals surface area contributed by atoms with Crippen LogP contribution in [0.5, 0.6) is 0 Å². The molecule has 2 aromatic carbocycles. The second kappa shape index (κ2) is 10.3. The second-order valence-electron chi connectivity index (χ2n) is 6.55. The maximum absolute atomic E-state index is 12.8. The highest BCUT2D eigenvalue weighted by Gasteiger charge is 2.22. The Morgan fingerprint density at radius 3 is 2.58 bits per heavy atom. The van der Waals surface area contributed by atoms with E-state index in [2.05, 4.69) is 15.5 Å². The predicted molar refractivity (Wildman–Crippen MR) is 121 cm³/mol. The second-order valence-corrected chi connectivity index (χ2v) is 7.90. The summed E-state index contributed by atoms with van der Waals surface area (Å²) in [5, 5.41) is 12.0. The molecule has 0 spiro atoms. The van der Waals surface area contributed by atoms with Crippen LogP contribution in [0.4, 0.5) is 11.6 Å². The van der Waals surface area contributed by atoms with Gasteiger partial charge < -0.3 is 15.8 Å². The number of carbonyl (C=O) groups is 2. The number of nitrogens with zero attached hydrogens (tertiary/aromatic N) is 3. The molecule has 1 unspecified atom stereocenters. The Hall–Kier alpha value is -3.04. The number of hydrogen-bond acceptors (Lipinski definition) is 7. The third kappa shape index (κ3) is 5.56. The average Bonchev–Trinajstić information content (AvgIpc) is 3.13. The van der Waals surface area contributed by atoms with Crippen molar-refractivity contribution in [2.75, 3.05) is 17.7 Å². The van der Waals surface area contributed by atoms with Crippen molar-refractivity contribution in [3.8, 4) is 0 Å². The zero-order valence-corrected chi connectivity index (χ0v) is 18.6. The van der Waals surface area contributed by atoms with Gasteiger partial charge in [0.2, 0.25) is 11.9 Å². The van der Waals surface area contributed by atoms with E-state index < -0.39 is 12.0 Å². The minimum absolute atomic E-state index is 0.141. The largest absolute Gasteiger partial charge is 0.462 e. The Labute approximate surface area is 189 Å². The van der Waals surface area contributed by atoms with Crippen molar-refractivity contribution >= 4 is 46.9 Å². The average molecular weight is 460 g/mol. The minimum atomic E-state index is -0.659. The smallest absolute Gasteiger partial charge is 0.338 e. The lowest BCUT2D eigenvalue weighted by molar-refractivity contribution is -0.118. The number of nitrogen functional groups attached to an aromatic ring is 1. The van der Waals surface area contributed by atoms with E-state index in [0.29, 0.717) is 33.8 Å². The number of nitrogens with two attached hydrogens (primary N) is 1.